The van der Waals surface area contributed by atoms with Crippen LogP contribution in [0.1, 0.15) is 42.5 Å². The highest BCUT2D eigenvalue weighted by Crippen LogP contribution is 2.33. The predicted octanol–water partition coefficient (Wildman–Crippen LogP) is 4.80. The number of hydrogen-bond acceptors (Lipinski definition) is 8. The van der Waals surface area contributed by atoms with Crippen molar-refractivity contribution >= 4 is 23.2 Å². The van der Waals surface area contributed by atoms with Crippen molar-refractivity contribution in [3.05, 3.63) is 56.6 Å². The van der Waals surface area contributed by atoms with Crippen molar-refractivity contribution in [2.24, 2.45) is 0 Å². The fraction of sp³-hybridized carbons (Fsp3) is 0.613. The molecule has 4 rings (SSSR count). The lowest BCUT2D eigenvalue weighted by Crippen LogP contribution is -2.35. The number of rotatable bonds is 14. The van der Waals surface area contributed by atoms with Gasteiger partial charge in [-0.15, -0.1) is 0 Å². The lowest BCUT2D eigenvalue weighted by molar-refractivity contribution is 0.0338. The van der Waals surface area contributed by atoms with Gasteiger partial charge in [0, 0.05) is 91.2 Å². The molecule has 10 heteroatoms. The maximum Gasteiger partial charge on any atom is 0.124 e. The van der Waals surface area contributed by atoms with E-state index in [1.807, 2.05) is 24.3 Å². The number of morpholine rings is 2. The van der Waals surface area contributed by atoms with Gasteiger partial charge in [0.15, 0.2) is 0 Å². The minimum atomic E-state index is 0.290. The Morgan fingerprint density at radius 2 is 1.05 bits per heavy atom. The largest absolute Gasteiger partial charge is 0.507 e. The van der Waals surface area contributed by atoms with E-state index >= 15 is 0 Å². The average Bonchev–Trinajstić information content (AvgIpc) is 2.97. The number of hydrogen-bond donors (Lipinski definition) is 2. The van der Waals surface area contributed by atoms with Crippen molar-refractivity contribution in [3.8, 4) is 11.5 Å². The monoisotopic (exact) mass is 608 g/mol. The summed E-state index contributed by atoms with van der Waals surface area (Å²) in [6.07, 6.45) is 0.964. The van der Waals surface area contributed by atoms with E-state index in [0.29, 0.717) is 62.7 Å². The topological polar surface area (TPSA) is 71.9 Å². The summed E-state index contributed by atoms with van der Waals surface area (Å²) in [4.78, 5) is 9.24. The van der Waals surface area contributed by atoms with Crippen LogP contribution in [-0.4, -0.2) is 109 Å². The number of phenols is 2. The standard InChI is InChI=1S/C31H46Cl2N4O4/c1-3-34(4-2)6-5-7-37(22-26-18-28(32)16-24(30(26)38)20-35-8-12-40-13-9-35)23-27-19-29(33)17-25(31(27)39)21-36-10-14-41-15-11-36/h16-19,38-39H,3-15,20-23H2,1-2H3. The highest BCUT2D eigenvalue weighted by Gasteiger charge is 2.21. The maximum absolute atomic E-state index is 11.3. The molecular formula is C31H46Cl2N4O4. The van der Waals surface area contributed by atoms with Gasteiger partial charge in [0.05, 0.1) is 26.4 Å². The SMILES string of the molecule is CCN(CC)CCCN(Cc1cc(Cl)cc(CN2CCOCC2)c1O)Cc1cc(Cl)cc(CN2CCOCC2)c1O. The van der Waals surface area contributed by atoms with Gasteiger partial charge in [-0.2, -0.15) is 0 Å². The Kier molecular flexibility index (Phi) is 12.8. The van der Waals surface area contributed by atoms with E-state index in [1.165, 1.54) is 0 Å². The number of halogens is 2. The minimum absolute atomic E-state index is 0.290. The first kappa shape index (κ1) is 32.3. The Hall–Kier alpha value is -1.62. The third kappa shape index (κ3) is 9.70. The first-order valence-electron chi connectivity index (χ1n) is 14.9. The molecule has 2 N–H and O–H groups in total. The summed E-state index contributed by atoms with van der Waals surface area (Å²) in [5.41, 5.74) is 3.24. The molecule has 0 aromatic heterocycles. The van der Waals surface area contributed by atoms with E-state index in [2.05, 4.69) is 33.4 Å². The van der Waals surface area contributed by atoms with Crippen molar-refractivity contribution in [2.75, 3.05) is 78.8 Å². The molecule has 41 heavy (non-hydrogen) atoms. The summed E-state index contributed by atoms with van der Waals surface area (Å²) in [5, 5.41) is 23.9. The van der Waals surface area contributed by atoms with Crippen LogP contribution in [0.5, 0.6) is 11.5 Å². The number of phenolic OH excluding ortho intramolecular Hbond substituents is 2. The van der Waals surface area contributed by atoms with Crippen LogP contribution in [0.4, 0.5) is 0 Å². The van der Waals surface area contributed by atoms with Crippen molar-refractivity contribution < 1.29 is 19.7 Å². The fourth-order valence-electron chi connectivity index (χ4n) is 5.67. The molecule has 0 saturated carbocycles. The molecular weight excluding hydrogens is 563 g/mol. The molecule has 0 atom stereocenters. The van der Waals surface area contributed by atoms with Crippen LogP contribution >= 0.6 is 23.2 Å². The van der Waals surface area contributed by atoms with E-state index < -0.39 is 0 Å². The molecule has 0 bridgehead atoms. The molecule has 0 spiro atoms. The van der Waals surface area contributed by atoms with Gasteiger partial charge in [-0.3, -0.25) is 14.7 Å². The third-order valence-electron chi connectivity index (χ3n) is 8.09. The lowest BCUT2D eigenvalue weighted by atomic mass is 10.0. The van der Waals surface area contributed by atoms with E-state index in [1.54, 1.807) is 0 Å². The molecule has 0 radical (unpaired) electrons. The smallest absolute Gasteiger partial charge is 0.124 e. The van der Waals surface area contributed by atoms with Crippen LogP contribution in [0.25, 0.3) is 0 Å². The molecule has 0 amide bonds. The van der Waals surface area contributed by atoms with Gasteiger partial charge in [-0.05, 0) is 50.3 Å². The van der Waals surface area contributed by atoms with Crippen molar-refractivity contribution in [2.45, 2.75) is 46.4 Å². The molecule has 2 aliphatic rings. The minimum Gasteiger partial charge on any atom is -0.507 e. The Morgan fingerprint density at radius 1 is 0.659 bits per heavy atom. The number of aromatic hydroxyl groups is 2. The van der Waals surface area contributed by atoms with Crippen LogP contribution in [-0.2, 0) is 35.7 Å². The van der Waals surface area contributed by atoms with Gasteiger partial charge in [-0.25, -0.2) is 0 Å². The average molecular weight is 610 g/mol. The highest BCUT2D eigenvalue weighted by atomic mass is 35.5. The maximum atomic E-state index is 11.3. The van der Waals surface area contributed by atoms with Gasteiger partial charge >= 0.3 is 0 Å². The number of benzene rings is 2. The molecule has 2 aliphatic heterocycles. The molecule has 2 heterocycles. The first-order valence-corrected chi connectivity index (χ1v) is 15.7. The number of ether oxygens (including phenoxy) is 2. The first-order chi connectivity index (χ1) is 19.9. The van der Waals surface area contributed by atoms with Gasteiger partial charge in [0.25, 0.3) is 0 Å². The Balaban J connectivity index is 1.55. The number of nitrogens with zero attached hydrogens (tertiary/aromatic N) is 4. The second kappa shape index (κ2) is 16.3. The molecule has 2 saturated heterocycles. The Bertz CT molecular complexity index is 1030. The molecule has 8 nitrogen and oxygen atoms in total. The second-order valence-electron chi connectivity index (χ2n) is 11.0. The normalized spacial score (nSPS) is 17.1. The summed E-state index contributed by atoms with van der Waals surface area (Å²) in [6, 6.07) is 7.44. The van der Waals surface area contributed by atoms with Crippen molar-refractivity contribution in [1.82, 2.24) is 19.6 Å². The van der Waals surface area contributed by atoms with Gasteiger partial charge in [-0.1, -0.05) is 37.0 Å². The zero-order chi connectivity index (χ0) is 29.2. The Labute approximate surface area is 255 Å². The summed E-state index contributed by atoms with van der Waals surface area (Å²) >= 11 is 13.2. The molecule has 0 unspecified atom stereocenters. The van der Waals surface area contributed by atoms with E-state index in [0.717, 1.165) is 81.0 Å². The fourth-order valence-corrected chi connectivity index (χ4v) is 6.20. The van der Waals surface area contributed by atoms with E-state index in [-0.39, 0.29) is 11.5 Å². The van der Waals surface area contributed by atoms with Gasteiger partial charge in [0.2, 0.25) is 0 Å². The van der Waals surface area contributed by atoms with Gasteiger partial charge in [0.1, 0.15) is 11.5 Å². The van der Waals surface area contributed by atoms with Crippen LogP contribution in [0.15, 0.2) is 24.3 Å². The molecule has 2 fully saturated rings. The summed E-state index contributed by atoms with van der Waals surface area (Å²) in [6.45, 7) is 16.6. The molecule has 228 valence electrons. The predicted molar refractivity (Wildman–Crippen MR) is 165 cm³/mol. The third-order valence-corrected chi connectivity index (χ3v) is 8.53. The van der Waals surface area contributed by atoms with Crippen LogP contribution in [0.2, 0.25) is 10.0 Å². The van der Waals surface area contributed by atoms with Crippen molar-refractivity contribution in [3.63, 3.8) is 0 Å². The highest BCUT2D eigenvalue weighted by molar-refractivity contribution is 6.31. The van der Waals surface area contributed by atoms with Crippen LogP contribution in [0.3, 0.4) is 0 Å². The zero-order valence-electron chi connectivity index (χ0n) is 24.6. The quantitative estimate of drug-likeness (QED) is 0.317. The zero-order valence-corrected chi connectivity index (χ0v) is 26.1. The van der Waals surface area contributed by atoms with Crippen molar-refractivity contribution in [1.29, 1.82) is 0 Å². The summed E-state index contributed by atoms with van der Waals surface area (Å²) in [7, 11) is 0. The second-order valence-corrected chi connectivity index (χ2v) is 11.9. The molecule has 2 aromatic carbocycles. The Morgan fingerprint density at radius 3 is 1.46 bits per heavy atom. The van der Waals surface area contributed by atoms with E-state index in [9.17, 15) is 10.2 Å². The van der Waals surface area contributed by atoms with Crippen LogP contribution < -0.4 is 0 Å². The molecule has 2 aromatic rings. The molecule has 0 aliphatic carbocycles. The summed E-state index contributed by atoms with van der Waals surface area (Å²) in [5.74, 6) is 0.580. The summed E-state index contributed by atoms with van der Waals surface area (Å²) < 4.78 is 11.0. The van der Waals surface area contributed by atoms with Gasteiger partial charge < -0.3 is 24.6 Å². The van der Waals surface area contributed by atoms with E-state index in [4.69, 9.17) is 32.7 Å². The van der Waals surface area contributed by atoms with Crippen LogP contribution in [0, 0.1) is 0 Å². The lowest BCUT2D eigenvalue weighted by Gasteiger charge is -2.29.